The lowest BCUT2D eigenvalue weighted by molar-refractivity contribution is -0.140. The summed E-state index contributed by atoms with van der Waals surface area (Å²) in [5.41, 5.74) is 4.07. The molecule has 0 saturated carbocycles. The van der Waals surface area contributed by atoms with Crippen molar-refractivity contribution in [2.24, 2.45) is 5.92 Å². The van der Waals surface area contributed by atoms with Crippen LogP contribution >= 0.6 is 0 Å². The molecule has 0 spiro atoms. The molecule has 35 heavy (non-hydrogen) atoms. The van der Waals surface area contributed by atoms with E-state index >= 15 is 0 Å². The minimum Gasteiger partial charge on any atom is -0.354 e. The van der Waals surface area contributed by atoms with Crippen molar-refractivity contribution < 1.29 is 18.0 Å². The molecule has 8 heteroatoms. The second-order valence-electron chi connectivity index (χ2n) is 9.63. The van der Waals surface area contributed by atoms with Gasteiger partial charge in [-0.1, -0.05) is 62.7 Å². The van der Waals surface area contributed by atoms with Crippen LogP contribution in [0.2, 0.25) is 0 Å². The number of aryl methyl sites for hydroxylation is 3. The number of amides is 2. The first kappa shape index (κ1) is 28.4. The number of hydrogen-bond acceptors (Lipinski definition) is 4. The molecule has 0 bridgehead atoms. The van der Waals surface area contributed by atoms with Crippen LogP contribution in [0, 0.1) is 26.7 Å². The topological polar surface area (TPSA) is 86.8 Å². The molecule has 0 aliphatic carbocycles. The first-order valence-corrected chi connectivity index (χ1v) is 13.9. The zero-order chi connectivity index (χ0) is 26.3. The monoisotopic (exact) mass is 501 g/mol. The number of anilines is 1. The molecule has 1 unspecified atom stereocenters. The lowest BCUT2D eigenvalue weighted by Crippen LogP contribution is -2.52. The van der Waals surface area contributed by atoms with Gasteiger partial charge >= 0.3 is 0 Å². The molecule has 0 radical (unpaired) electrons. The Kier molecular flexibility index (Phi) is 9.89. The van der Waals surface area contributed by atoms with E-state index in [0.29, 0.717) is 18.7 Å². The van der Waals surface area contributed by atoms with Crippen LogP contribution in [-0.2, 0) is 26.2 Å². The van der Waals surface area contributed by atoms with Crippen molar-refractivity contribution in [2.75, 3.05) is 23.7 Å². The number of hydrogen-bond donors (Lipinski definition) is 1. The van der Waals surface area contributed by atoms with Crippen LogP contribution in [0.5, 0.6) is 0 Å². The molecule has 7 nitrogen and oxygen atoms in total. The van der Waals surface area contributed by atoms with E-state index in [9.17, 15) is 18.0 Å². The van der Waals surface area contributed by atoms with Gasteiger partial charge in [0, 0.05) is 13.1 Å². The number of sulfonamides is 1. The molecule has 0 heterocycles. The molecular weight excluding hydrogens is 462 g/mol. The highest BCUT2D eigenvalue weighted by atomic mass is 32.2. The third kappa shape index (κ3) is 8.09. The van der Waals surface area contributed by atoms with E-state index in [4.69, 9.17) is 0 Å². The zero-order valence-electron chi connectivity index (χ0n) is 22.0. The van der Waals surface area contributed by atoms with Crippen LogP contribution in [0.15, 0.2) is 42.5 Å². The average Bonchev–Trinajstić information content (AvgIpc) is 2.78. The van der Waals surface area contributed by atoms with Crippen LogP contribution in [-0.4, -0.2) is 50.5 Å². The van der Waals surface area contributed by atoms with Gasteiger partial charge in [0.25, 0.3) is 0 Å². The largest absolute Gasteiger partial charge is 0.354 e. The van der Waals surface area contributed by atoms with Crippen molar-refractivity contribution in [3.63, 3.8) is 0 Å². The van der Waals surface area contributed by atoms with Gasteiger partial charge in [-0.25, -0.2) is 8.42 Å². The highest BCUT2D eigenvalue weighted by Gasteiger charge is 2.32. The summed E-state index contributed by atoms with van der Waals surface area (Å²) in [6.45, 7) is 11.9. The summed E-state index contributed by atoms with van der Waals surface area (Å²) >= 11 is 0. The maximum absolute atomic E-state index is 13.7. The maximum atomic E-state index is 13.7. The average molecular weight is 502 g/mol. The van der Waals surface area contributed by atoms with Gasteiger partial charge in [0.1, 0.15) is 12.6 Å². The SMILES string of the molecule is CCC(C(=O)NCC(C)C)N(Cc1ccc(C)cc1)C(=O)CN(c1cc(C)ccc1C)S(C)(=O)=O. The molecule has 0 fully saturated rings. The summed E-state index contributed by atoms with van der Waals surface area (Å²) in [6.07, 6.45) is 1.50. The Morgan fingerprint density at radius 2 is 1.57 bits per heavy atom. The van der Waals surface area contributed by atoms with E-state index in [1.165, 1.54) is 4.90 Å². The van der Waals surface area contributed by atoms with E-state index in [2.05, 4.69) is 5.32 Å². The number of carbonyl (C=O) groups excluding carboxylic acids is 2. The van der Waals surface area contributed by atoms with Crippen LogP contribution in [0.25, 0.3) is 0 Å². The van der Waals surface area contributed by atoms with Crippen molar-refractivity contribution >= 4 is 27.5 Å². The quantitative estimate of drug-likeness (QED) is 0.505. The number of rotatable bonds is 11. The first-order chi connectivity index (χ1) is 16.3. The molecule has 2 amide bonds. The molecule has 0 aliphatic rings. The van der Waals surface area contributed by atoms with Gasteiger partial charge in [-0.2, -0.15) is 0 Å². The van der Waals surface area contributed by atoms with Crippen molar-refractivity contribution in [3.05, 3.63) is 64.7 Å². The Morgan fingerprint density at radius 3 is 2.11 bits per heavy atom. The van der Waals surface area contributed by atoms with Gasteiger partial charge in [-0.05, 0) is 55.9 Å². The number of carbonyl (C=O) groups is 2. The minimum absolute atomic E-state index is 0.205. The van der Waals surface area contributed by atoms with Gasteiger partial charge in [-0.15, -0.1) is 0 Å². The molecular formula is C27H39N3O4S. The van der Waals surface area contributed by atoms with Crippen LogP contribution in [0.3, 0.4) is 0 Å². The summed E-state index contributed by atoms with van der Waals surface area (Å²) in [4.78, 5) is 28.3. The highest BCUT2D eigenvalue weighted by molar-refractivity contribution is 7.92. The second kappa shape index (κ2) is 12.2. The normalized spacial score (nSPS) is 12.3. The minimum atomic E-state index is -3.75. The van der Waals surface area contributed by atoms with Gasteiger partial charge in [0.05, 0.1) is 11.9 Å². The third-order valence-corrected chi connectivity index (χ3v) is 6.98. The predicted molar refractivity (Wildman–Crippen MR) is 142 cm³/mol. The van der Waals surface area contributed by atoms with Crippen LogP contribution < -0.4 is 9.62 Å². The van der Waals surface area contributed by atoms with E-state index in [0.717, 1.165) is 32.8 Å². The molecule has 2 aromatic rings. The molecule has 192 valence electrons. The Bertz CT molecular complexity index is 1130. The number of nitrogens with zero attached hydrogens (tertiary/aromatic N) is 2. The summed E-state index contributed by atoms with van der Waals surface area (Å²) in [7, 11) is -3.75. The highest BCUT2D eigenvalue weighted by Crippen LogP contribution is 2.25. The number of nitrogens with one attached hydrogen (secondary N) is 1. The fourth-order valence-electron chi connectivity index (χ4n) is 3.82. The first-order valence-electron chi connectivity index (χ1n) is 12.0. The van der Waals surface area contributed by atoms with Crippen LogP contribution in [0.4, 0.5) is 5.69 Å². The van der Waals surface area contributed by atoms with Crippen LogP contribution in [0.1, 0.15) is 49.4 Å². The Morgan fingerprint density at radius 1 is 0.971 bits per heavy atom. The summed E-state index contributed by atoms with van der Waals surface area (Å²) in [5, 5.41) is 2.93. The van der Waals surface area contributed by atoms with Crippen molar-refractivity contribution in [3.8, 4) is 0 Å². The van der Waals surface area contributed by atoms with Crippen molar-refractivity contribution in [1.82, 2.24) is 10.2 Å². The maximum Gasteiger partial charge on any atom is 0.244 e. The fourth-order valence-corrected chi connectivity index (χ4v) is 4.71. The molecule has 1 N–H and O–H groups in total. The van der Waals surface area contributed by atoms with E-state index in [1.807, 2.05) is 77.9 Å². The molecule has 1 atom stereocenters. The lowest BCUT2D eigenvalue weighted by atomic mass is 10.1. The molecule has 0 saturated heterocycles. The van der Waals surface area contributed by atoms with Crippen molar-refractivity contribution in [1.29, 1.82) is 0 Å². The fraction of sp³-hybridized carbons (Fsp3) is 0.481. The summed E-state index contributed by atoms with van der Waals surface area (Å²) < 4.78 is 26.7. The second-order valence-corrected chi connectivity index (χ2v) is 11.5. The van der Waals surface area contributed by atoms with Gasteiger partial charge in [0.15, 0.2) is 0 Å². The van der Waals surface area contributed by atoms with E-state index < -0.39 is 22.0 Å². The third-order valence-electron chi connectivity index (χ3n) is 5.86. The molecule has 2 aromatic carbocycles. The van der Waals surface area contributed by atoms with E-state index in [1.54, 1.807) is 6.07 Å². The Balaban J connectivity index is 2.45. The Labute approximate surface area is 210 Å². The zero-order valence-corrected chi connectivity index (χ0v) is 22.8. The Hall–Kier alpha value is -2.87. The smallest absolute Gasteiger partial charge is 0.244 e. The van der Waals surface area contributed by atoms with Crippen molar-refractivity contribution in [2.45, 2.75) is 60.5 Å². The summed E-state index contributed by atoms with van der Waals surface area (Å²) in [5.74, 6) is -0.398. The van der Waals surface area contributed by atoms with Gasteiger partial charge < -0.3 is 10.2 Å². The van der Waals surface area contributed by atoms with Gasteiger partial charge in [0.2, 0.25) is 21.8 Å². The molecule has 0 aromatic heterocycles. The molecule has 0 aliphatic heterocycles. The molecule has 2 rings (SSSR count). The lowest BCUT2D eigenvalue weighted by Gasteiger charge is -2.33. The standard InChI is InChI=1S/C27H39N3O4S/c1-8-24(27(32)28-16-19(2)3)29(17-23-13-10-20(4)11-14-23)26(31)18-30(35(7,33)34)25-15-21(5)9-12-22(25)6/h9-15,19,24H,8,16-18H2,1-7H3,(H,28,32). The predicted octanol–water partition coefficient (Wildman–Crippen LogP) is 3.96. The van der Waals surface area contributed by atoms with Gasteiger partial charge in [-0.3, -0.25) is 13.9 Å². The summed E-state index contributed by atoms with van der Waals surface area (Å²) in [6, 6.07) is 12.5. The van der Waals surface area contributed by atoms with E-state index in [-0.39, 0.29) is 24.9 Å². The number of benzene rings is 2.